The molecule has 4 rings (SSSR count). The summed E-state index contributed by atoms with van der Waals surface area (Å²) in [6.45, 7) is 10.8. The first kappa shape index (κ1) is 24.0. The number of hydrogen-bond acceptors (Lipinski definition) is 5. The Morgan fingerprint density at radius 3 is 2.30 bits per heavy atom. The van der Waals surface area contributed by atoms with Gasteiger partial charge in [-0.3, -0.25) is 9.69 Å². The number of aryl methyl sites for hydroxylation is 1. The van der Waals surface area contributed by atoms with Gasteiger partial charge in [0, 0.05) is 45.3 Å². The Morgan fingerprint density at radius 2 is 1.67 bits per heavy atom. The topological polar surface area (TPSA) is 82.9 Å². The summed E-state index contributed by atoms with van der Waals surface area (Å²) in [7, 11) is -3.62. The second-order valence-corrected chi connectivity index (χ2v) is 11.7. The van der Waals surface area contributed by atoms with Crippen LogP contribution in [0.4, 0.5) is 0 Å². The first-order valence-electron chi connectivity index (χ1n) is 11.9. The smallest absolute Gasteiger partial charge is 0.287 e. The van der Waals surface area contributed by atoms with Crippen molar-refractivity contribution >= 4 is 15.9 Å². The lowest BCUT2D eigenvalue weighted by Gasteiger charge is -2.35. The summed E-state index contributed by atoms with van der Waals surface area (Å²) in [5.74, 6) is 1.33. The van der Waals surface area contributed by atoms with Crippen molar-refractivity contribution in [2.75, 3.05) is 26.2 Å². The van der Waals surface area contributed by atoms with Gasteiger partial charge in [0.25, 0.3) is 5.91 Å². The molecular weight excluding hydrogens is 438 g/mol. The number of nitrogens with one attached hydrogen (secondary N) is 1. The fraction of sp³-hybridized carbons (Fsp3) is 0.560. The average molecular weight is 474 g/mol. The van der Waals surface area contributed by atoms with Gasteiger partial charge in [-0.25, -0.2) is 8.42 Å². The van der Waals surface area contributed by atoms with Gasteiger partial charge < -0.3 is 9.73 Å². The molecule has 2 fully saturated rings. The van der Waals surface area contributed by atoms with Crippen molar-refractivity contribution in [2.45, 2.75) is 58.0 Å². The molecule has 2 aromatic rings. The standard InChI is InChI=1S/C25H35N3O4S/c1-18-12-19(2)16-27(15-18)17-22-8-6-21(7-9-22)14-26-25(29)23-13-24(20(3)32-23)33(30,31)28-10-4-5-11-28/h6-9,13,18-19H,4-5,10-12,14-17H2,1-3H3,(H,26,29). The van der Waals surface area contributed by atoms with Crippen LogP contribution in [0.5, 0.6) is 0 Å². The summed E-state index contributed by atoms with van der Waals surface area (Å²) in [5, 5.41) is 2.84. The maximum absolute atomic E-state index is 12.8. The van der Waals surface area contributed by atoms with Gasteiger partial charge in [0.2, 0.25) is 10.0 Å². The van der Waals surface area contributed by atoms with Crippen molar-refractivity contribution in [3.05, 3.63) is 53.0 Å². The van der Waals surface area contributed by atoms with Gasteiger partial charge in [0.15, 0.2) is 5.76 Å². The van der Waals surface area contributed by atoms with Crippen molar-refractivity contribution in [3.63, 3.8) is 0 Å². The van der Waals surface area contributed by atoms with Crippen LogP contribution in [0.1, 0.15) is 60.6 Å². The van der Waals surface area contributed by atoms with Gasteiger partial charge >= 0.3 is 0 Å². The number of piperidine rings is 1. The molecule has 0 saturated carbocycles. The molecule has 33 heavy (non-hydrogen) atoms. The predicted octanol–water partition coefficient (Wildman–Crippen LogP) is 3.78. The summed E-state index contributed by atoms with van der Waals surface area (Å²) < 4.78 is 32.6. The van der Waals surface area contributed by atoms with Crippen molar-refractivity contribution in [1.82, 2.24) is 14.5 Å². The number of sulfonamides is 1. The van der Waals surface area contributed by atoms with E-state index in [1.165, 1.54) is 22.4 Å². The van der Waals surface area contributed by atoms with Crippen LogP contribution in [-0.4, -0.2) is 49.7 Å². The lowest BCUT2D eigenvalue weighted by atomic mass is 9.91. The SMILES string of the molecule is Cc1oc(C(=O)NCc2ccc(CN3CC(C)CC(C)C3)cc2)cc1S(=O)(=O)N1CCCC1. The number of benzene rings is 1. The number of likely N-dealkylation sites (tertiary alicyclic amines) is 1. The maximum Gasteiger partial charge on any atom is 0.287 e. The molecule has 1 aromatic heterocycles. The summed E-state index contributed by atoms with van der Waals surface area (Å²) in [6.07, 6.45) is 3.02. The molecule has 2 atom stereocenters. The maximum atomic E-state index is 12.8. The van der Waals surface area contributed by atoms with Crippen LogP contribution in [0.2, 0.25) is 0 Å². The summed E-state index contributed by atoms with van der Waals surface area (Å²) >= 11 is 0. The van der Waals surface area contributed by atoms with Crippen molar-refractivity contribution in [3.8, 4) is 0 Å². The van der Waals surface area contributed by atoms with E-state index < -0.39 is 15.9 Å². The zero-order valence-electron chi connectivity index (χ0n) is 19.8. The van der Waals surface area contributed by atoms with Gasteiger partial charge in [0.05, 0.1) is 0 Å². The third-order valence-electron chi connectivity index (χ3n) is 6.61. The van der Waals surface area contributed by atoms with Crippen LogP contribution in [0.25, 0.3) is 0 Å². The van der Waals surface area contributed by atoms with E-state index in [2.05, 4.69) is 36.2 Å². The highest BCUT2D eigenvalue weighted by Crippen LogP contribution is 2.26. The second kappa shape index (κ2) is 9.99. The van der Waals surface area contributed by atoms with E-state index >= 15 is 0 Å². The molecule has 8 heteroatoms. The molecule has 1 amide bonds. The Hall–Kier alpha value is -2.16. The van der Waals surface area contributed by atoms with Gasteiger partial charge in [0.1, 0.15) is 10.7 Å². The Balaban J connectivity index is 1.33. The Morgan fingerprint density at radius 1 is 1.06 bits per heavy atom. The number of amides is 1. The minimum Gasteiger partial charge on any atom is -0.455 e. The molecule has 180 valence electrons. The molecule has 7 nitrogen and oxygen atoms in total. The van der Waals surface area contributed by atoms with Crippen LogP contribution in [0, 0.1) is 18.8 Å². The highest BCUT2D eigenvalue weighted by Gasteiger charge is 2.31. The minimum absolute atomic E-state index is 0.0234. The van der Waals surface area contributed by atoms with Gasteiger partial charge in [-0.05, 0) is 49.1 Å². The van der Waals surface area contributed by atoms with E-state index in [4.69, 9.17) is 4.42 Å². The molecule has 2 unspecified atom stereocenters. The average Bonchev–Trinajstić information content (AvgIpc) is 3.43. The lowest BCUT2D eigenvalue weighted by Crippen LogP contribution is -2.38. The first-order chi connectivity index (χ1) is 15.7. The van der Waals surface area contributed by atoms with Gasteiger partial charge in [-0.1, -0.05) is 38.1 Å². The van der Waals surface area contributed by atoms with E-state index in [1.54, 1.807) is 6.92 Å². The summed E-state index contributed by atoms with van der Waals surface area (Å²) in [4.78, 5) is 15.2. The number of carbonyl (C=O) groups excluding carboxylic acids is 1. The monoisotopic (exact) mass is 473 g/mol. The molecule has 1 aromatic carbocycles. The molecule has 2 aliphatic heterocycles. The van der Waals surface area contributed by atoms with Crippen LogP contribution >= 0.6 is 0 Å². The highest BCUT2D eigenvalue weighted by molar-refractivity contribution is 7.89. The van der Waals surface area contributed by atoms with Crippen LogP contribution < -0.4 is 5.32 Å². The molecule has 2 aliphatic rings. The molecule has 1 N–H and O–H groups in total. The number of rotatable bonds is 7. The van der Waals surface area contributed by atoms with Crippen LogP contribution in [-0.2, 0) is 23.1 Å². The fourth-order valence-corrected chi connectivity index (χ4v) is 6.79. The molecule has 3 heterocycles. The molecular formula is C25H35N3O4S. The van der Waals surface area contributed by atoms with Crippen molar-refractivity contribution < 1.29 is 17.6 Å². The largest absolute Gasteiger partial charge is 0.455 e. The fourth-order valence-electron chi connectivity index (χ4n) is 5.11. The Kier molecular flexibility index (Phi) is 7.26. The predicted molar refractivity (Wildman–Crippen MR) is 127 cm³/mol. The van der Waals surface area contributed by atoms with Crippen LogP contribution in [0.15, 0.2) is 39.6 Å². The quantitative estimate of drug-likeness (QED) is 0.662. The molecule has 0 radical (unpaired) electrons. The second-order valence-electron chi connectivity index (χ2n) is 9.78. The van der Waals surface area contributed by atoms with Gasteiger partial charge in [-0.15, -0.1) is 0 Å². The molecule has 2 saturated heterocycles. The number of nitrogens with zero attached hydrogens (tertiary/aromatic N) is 2. The van der Waals surface area contributed by atoms with Gasteiger partial charge in [-0.2, -0.15) is 4.31 Å². The summed E-state index contributed by atoms with van der Waals surface area (Å²) in [6, 6.07) is 9.64. The number of hydrogen-bond donors (Lipinski definition) is 1. The first-order valence-corrected chi connectivity index (χ1v) is 13.4. The highest BCUT2D eigenvalue weighted by atomic mass is 32.2. The Bertz CT molecular complexity index is 1060. The number of furan rings is 1. The van der Waals surface area contributed by atoms with Crippen molar-refractivity contribution in [2.24, 2.45) is 11.8 Å². The molecule has 0 spiro atoms. The van der Waals surface area contributed by atoms with E-state index in [-0.39, 0.29) is 16.4 Å². The van der Waals surface area contributed by atoms with Crippen molar-refractivity contribution in [1.29, 1.82) is 0 Å². The van der Waals surface area contributed by atoms with E-state index in [9.17, 15) is 13.2 Å². The zero-order chi connectivity index (χ0) is 23.6. The van der Waals surface area contributed by atoms with E-state index in [0.29, 0.717) is 19.6 Å². The summed E-state index contributed by atoms with van der Waals surface area (Å²) in [5.41, 5.74) is 2.26. The normalized spacial score (nSPS) is 22.5. The third-order valence-corrected chi connectivity index (χ3v) is 8.61. The molecule has 0 bridgehead atoms. The minimum atomic E-state index is -3.62. The molecule has 0 aliphatic carbocycles. The lowest BCUT2D eigenvalue weighted by molar-refractivity contribution is 0.0922. The van der Waals surface area contributed by atoms with Crippen LogP contribution in [0.3, 0.4) is 0 Å². The third kappa shape index (κ3) is 5.67. The van der Waals surface area contributed by atoms with E-state index in [1.807, 2.05) is 12.1 Å². The Labute approximate surface area is 197 Å². The number of carbonyl (C=O) groups is 1. The van der Waals surface area contributed by atoms with E-state index in [0.717, 1.165) is 49.9 Å². The zero-order valence-corrected chi connectivity index (χ0v) is 20.7.